The molecular formula is C13H19NO4. The lowest BCUT2D eigenvalue weighted by Crippen LogP contribution is -2.56. The first-order valence-corrected chi connectivity index (χ1v) is 5.69. The summed E-state index contributed by atoms with van der Waals surface area (Å²) >= 11 is 0. The number of aliphatic carboxylic acids is 1. The van der Waals surface area contributed by atoms with Crippen LogP contribution in [0.2, 0.25) is 0 Å². The zero-order valence-corrected chi connectivity index (χ0v) is 11.3. The lowest BCUT2D eigenvalue weighted by atomic mass is 9.74. The average Bonchev–Trinajstić information content (AvgIpc) is 2.63. The molecule has 0 radical (unpaired) electrons. The molecule has 1 heterocycles. The number of aryl methyl sites for hydroxylation is 1. The number of carbonyl (C=O) groups is 2. The second-order valence-electron chi connectivity index (χ2n) is 5.46. The Morgan fingerprint density at radius 1 is 1.28 bits per heavy atom. The summed E-state index contributed by atoms with van der Waals surface area (Å²) in [6.07, 6.45) is 1.36. The van der Waals surface area contributed by atoms with Crippen LogP contribution in [0.15, 0.2) is 16.7 Å². The normalized spacial score (nSPS) is 12.3. The van der Waals surface area contributed by atoms with E-state index >= 15 is 0 Å². The number of amides is 1. The standard InChI is InChI=1S/C13H19NO4/c1-8-6-9(7-18-8)10(15)14-13(4,5)12(2,3)11(16)17/h6-7H,1-5H3,(H,14,15)(H,16,17). The van der Waals surface area contributed by atoms with Crippen molar-refractivity contribution in [1.82, 2.24) is 5.32 Å². The van der Waals surface area contributed by atoms with Gasteiger partial charge in [-0.3, -0.25) is 9.59 Å². The molecule has 1 aromatic heterocycles. The molecule has 0 aliphatic rings. The molecule has 1 aromatic rings. The predicted molar refractivity (Wildman–Crippen MR) is 66.4 cm³/mol. The van der Waals surface area contributed by atoms with Crippen molar-refractivity contribution >= 4 is 11.9 Å². The summed E-state index contributed by atoms with van der Waals surface area (Å²) in [6, 6.07) is 1.61. The van der Waals surface area contributed by atoms with Gasteiger partial charge in [-0.1, -0.05) is 0 Å². The third-order valence-electron chi connectivity index (χ3n) is 3.52. The molecule has 5 heteroatoms. The van der Waals surface area contributed by atoms with Gasteiger partial charge in [-0.05, 0) is 40.7 Å². The van der Waals surface area contributed by atoms with Gasteiger partial charge in [-0.2, -0.15) is 0 Å². The molecule has 0 spiro atoms. The molecule has 0 aliphatic carbocycles. The van der Waals surface area contributed by atoms with Gasteiger partial charge in [0.1, 0.15) is 12.0 Å². The molecule has 18 heavy (non-hydrogen) atoms. The predicted octanol–water partition coefficient (Wildman–Crippen LogP) is 2.21. The molecule has 1 amide bonds. The number of hydrogen-bond donors (Lipinski definition) is 2. The Kier molecular flexibility index (Phi) is 3.55. The first-order chi connectivity index (χ1) is 8.08. The van der Waals surface area contributed by atoms with Crippen molar-refractivity contribution in [3.63, 3.8) is 0 Å². The maximum Gasteiger partial charge on any atom is 0.311 e. The van der Waals surface area contributed by atoms with Gasteiger partial charge in [-0.15, -0.1) is 0 Å². The number of carboxylic acids is 1. The first-order valence-electron chi connectivity index (χ1n) is 5.69. The number of carboxylic acid groups (broad SMARTS) is 1. The average molecular weight is 253 g/mol. The van der Waals surface area contributed by atoms with E-state index in [2.05, 4.69) is 5.32 Å². The fourth-order valence-corrected chi connectivity index (χ4v) is 1.34. The van der Waals surface area contributed by atoms with Crippen LogP contribution < -0.4 is 5.32 Å². The van der Waals surface area contributed by atoms with Crippen molar-refractivity contribution in [2.24, 2.45) is 5.41 Å². The molecule has 0 saturated heterocycles. The quantitative estimate of drug-likeness (QED) is 0.862. The van der Waals surface area contributed by atoms with Gasteiger partial charge >= 0.3 is 5.97 Å². The summed E-state index contributed by atoms with van der Waals surface area (Å²) in [5, 5.41) is 11.9. The molecule has 0 aliphatic heterocycles. The van der Waals surface area contributed by atoms with Gasteiger partial charge in [0, 0.05) is 0 Å². The Hall–Kier alpha value is -1.78. The molecule has 0 atom stereocenters. The van der Waals surface area contributed by atoms with Crippen LogP contribution >= 0.6 is 0 Å². The first kappa shape index (κ1) is 14.3. The monoisotopic (exact) mass is 253 g/mol. The molecule has 0 bridgehead atoms. The van der Waals surface area contributed by atoms with Gasteiger partial charge in [0.05, 0.1) is 16.5 Å². The highest BCUT2D eigenvalue weighted by Gasteiger charge is 2.44. The Bertz CT molecular complexity index is 471. The van der Waals surface area contributed by atoms with E-state index in [0.29, 0.717) is 11.3 Å². The molecule has 0 aromatic carbocycles. The minimum absolute atomic E-state index is 0.342. The maximum atomic E-state index is 12.0. The fourth-order valence-electron chi connectivity index (χ4n) is 1.34. The van der Waals surface area contributed by atoms with Gasteiger partial charge in [0.2, 0.25) is 0 Å². The third kappa shape index (κ3) is 2.55. The highest BCUT2D eigenvalue weighted by atomic mass is 16.4. The van der Waals surface area contributed by atoms with E-state index in [1.165, 1.54) is 6.26 Å². The zero-order chi connectivity index (χ0) is 14.1. The van der Waals surface area contributed by atoms with Crippen molar-refractivity contribution in [3.05, 3.63) is 23.7 Å². The number of nitrogens with one attached hydrogen (secondary N) is 1. The SMILES string of the molecule is Cc1cc(C(=O)NC(C)(C)C(C)(C)C(=O)O)co1. The molecule has 2 N–H and O–H groups in total. The molecule has 0 fully saturated rings. The Labute approximate surface area is 106 Å². The highest BCUT2D eigenvalue weighted by Crippen LogP contribution is 2.31. The molecule has 100 valence electrons. The second-order valence-corrected chi connectivity index (χ2v) is 5.46. The van der Waals surface area contributed by atoms with Crippen LogP contribution in [-0.4, -0.2) is 22.5 Å². The summed E-state index contributed by atoms with van der Waals surface area (Å²) in [6.45, 7) is 8.27. The lowest BCUT2D eigenvalue weighted by Gasteiger charge is -2.38. The summed E-state index contributed by atoms with van der Waals surface area (Å²) in [4.78, 5) is 23.2. The van der Waals surface area contributed by atoms with Crippen molar-refractivity contribution in [1.29, 1.82) is 0 Å². The molecule has 0 unspecified atom stereocenters. The van der Waals surface area contributed by atoms with E-state index in [1.807, 2.05) is 0 Å². The van der Waals surface area contributed by atoms with E-state index in [0.717, 1.165) is 0 Å². The van der Waals surface area contributed by atoms with Crippen LogP contribution in [0, 0.1) is 12.3 Å². The van der Waals surface area contributed by atoms with Gasteiger partial charge in [0.25, 0.3) is 5.91 Å². The largest absolute Gasteiger partial charge is 0.481 e. The summed E-state index contributed by atoms with van der Waals surface area (Å²) in [5.41, 5.74) is -1.58. The van der Waals surface area contributed by atoms with Crippen LogP contribution in [0.3, 0.4) is 0 Å². The minimum Gasteiger partial charge on any atom is -0.481 e. The van der Waals surface area contributed by atoms with Crippen LogP contribution in [0.5, 0.6) is 0 Å². The van der Waals surface area contributed by atoms with Crippen LogP contribution in [0.25, 0.3) is 0 Å². The smallest absolute Gasteiger partial charge is 0.311 e. The maximum absolute atomic E-state index is 12.0. The van der Waals surface area contributed by atoms with E-state index in [1.54, 1.807) is 40.7 Å². The number of rotatable bonds is 4. The third-order valence-corrected chi connectivity index (χ3v) is 3.52. The van der Waals surface area contributed by atoms with Gasteiger partial charge < -0.3 is 14.8 Å². The summed E-state index contributed by atoms with van der Waals surface area (Å²) < 4.78 is 5.06. The van der Waals surface area contributed by atoms with E-state index in [-0.39, 0.29) is 5.91 Å². The topological polar surface area (TPSA) is 79.5 Å². The Balaban J connectivity index is 2.90. The number of carbonyl (C=O) groups excluding carboxylic acids is 1. The molecule has 0 saturated carbocycles. The molecule has 1 rings (SSSR count). The summed E-state index contributed by atoms with van der Waals surface area (Å²) in [5.74, 6) is -0.669. The van der Waals surface area contributed by atoms with Gasteiger partial charge in [0.15, 0.2) is 0 Å². The lowest BCUT2D eigenvalue weighted by molar-refractivity contribution is -0.150. The Morgan fingerprint density at radius 2 is 1.83 bits per heavy atom. The number of furan rings is 1. The number of hydrogen-bond acceptors (Lipinski definition) is 3. The van der Waals surface area contributed by atoms with Crippen molar-refractivity contribution in [2.75, 3.05) is 0 Å². The van der Waals surface area contributed by atoms with Crippen LogP contribution in [0.4, 0.5) is 0 Å². The zero-order valence-electron chi connectivity index (χ0n) is 11.3. The van der Waals surface area contributed by atoms with E-state index < -0.39 is 16.9 Å². The van der Waals surface area contributed by atoms with E-state index in [4.69, 9.17) is 4.42 Å². The Morgan fingerprint density at radius 3 is 2.22 bits per heavy atom. The fraction of sp³-hybridized carbons (Fsp3) is 0.538. The van der Waals surface area contributed by atoms with Crippen LogP contribution in [0.1, 0.15) is 43.8 Å². The van der Waals surface area contributed by atoms with Gasteiger partial charge in [-0.25, -0.2) is 0 Å². The van der Waals surface area contributed by atoms with Crippen molar-refractivity contribution in [2.45, 2.75) is 40.2 Å². The second kappa shape index (κ2) is 4.48. The summed E-state index contributed by atoms with van der Waals surface area (Å²) in [7, 11) is 0. The van der Waals surface area contributed by atoms with E-state index in [9.17, 15) is 14.7 Å². The minimum atomic E-state index is -1.08. The van der Waals surface area contributed by atoms with Crippen molar-refractivity contribution < 1.29 is 19.1 Å². The van der Waals surface area contributed by atoms with Crippen LogP contribution in [-0.2, 0) is 4.79 Å². The van der Waals surface area contributed by atoms with Crippen molar-refractivity contribution in [3.8, 4) is 0 Å². The molecular weight excluding hydrogens is 234 g/mol. The highest BCUT2D eigenvalue weighted by molar-refractivity contribution is 5.95. The molecule has 5 nitrogen and oxygen atoms in total.